The van der Waals surface area contributed by atoms with E-state index in [-0.39, 0.29) is 5.56 Å². The summed E-state index contributed by atoms with van der Waals surface area (Å²) in [6.07, 6.45) is -4.33. The minimum Gasteiger partial charge on any atom is -0.457 e. The van der Waals surface area contributed by atoms with Gasteiger partial charge in [-0.1, -0.05) is 30.3 Å². The summed E-state index contributed by atoms with van der Waals surface area (Å²) < 4.78 is 46.6. The molecule has 3 nitrogen and oxygen atoms in total. The van der Waals surface area contributed by atoms with Gasteiger partial charge < -0.3 is 10.1 Å². The van der Waals surface area contributed by atoms with Gasteiger partial charge in [0.05, 0.1) is 0 Å². The monoisotopic (exact) mass is 336 g/mol. The highest BCUT2D eigenvalue weighted by Crippen LogP contribution is 2.39. The van der Waals surface area contributed by atoms with Gasteiger partial charge in [0.15, 0.2) is 0 Å². The van der Waals surface area contributed by atoms with Crippen molar-refractivity contribution in [1.82, 2.24) is 10.2 Å². The fourth-order valence-corrected chi connectivity index (χ4v) is 2.92. The standard InChI is InChI=1S/C18H19F3N2O/c19-18(20,21)17(23-11-9-22-10-12-23)14-5-4-8-16(13-14)24-15-6-2-1-3-7-15/h1-8,13,17,22H,9-12H2/t17-/m0/s1. The SMILES string of the molecule is FC(F)(F)[C@H](c1cccc(Oc2ccccc2)c1)N1CCNCC1. The van der Waals surface area contributed by atoms with E-state index in [1.54, 1.807) is 24.3 Å². The van der Waals surface area contributed by atoms with Crippen LogP contribution in [0, 0.1) is 0 Å². The van der Waals surface area contributed by atoms with Crippen molar-refractivity contribution in [1.29, 1.82) is 0 Å². The molecule has 0 aliphatic carbocycles. The van der Waals surface area contributed by atoms with Gasteiger partial charge in [-0.3, -0.25) is 4.90 Å². The number of ether oxygens (including phenoxy) is 1. The molecule has 1 N–H and O–H groups in total. The number of hydrogen-bond acceptors (Lipinski definition) is 3. The summed E-state index contributed by atoms with van der Waals surface area (Å²) in [5.41, 5.74) is 0.206. The first-order valence-corrected chi connectivity index (χ1v) is 7.88. The third-order valence-electron chi connectivity index (χ3n) is 3.98. The molecule has 0 aromatic heterocycles. The lowest BCUT2D eigenvalue weighted by Gasteiger charge is -2.36. The first-order valence-electron chi connectivity index (χ1n) is 7.88. The van der Waals surface area contributed by atoms with Crippen LogP contribution in [0.25, 0.3) is 0 Å². The maximum absolute atomic E-state index is 13.6. The van der Waals surface area contributed by atoms with Crippen LogP contribution in [0.3, 0.4) is 0 Å². The fraction of sp³-hybridized carbons (Fsp3) is 0.333. The van der Waals surface area contributed by atoms with E-state index >= 15 is 0 Å². The van der Waals surface area contributed by atoms with E-state index in [4.69, 9.17) is 4.74 Å². The molecule has 2 aromatic rings. The Kier molecular flexibility index (Phi) is 5.06. The Bertz CT molecular complexity index is 655. The predicted molar refractivity (Wildman–Crippen MR) is 86.2 cm³/mol. The Morgan fingerprint density at radius 2 is 1.58 bits per heavy atom. The second kappa shape index (κ2) is 7.23. The third kappa shape index (κ3) is 4.07. The third-order valence-corrected chi connectivity index (χ3v) is 3.98. The van der Waals surface area contributed by atoms with E-state index in [9.17, 15) is 13.2 Å². The Morgan fingerprint density at radius 1 is 0.917 bits per heavy atom. The minimum atomic E-state index is -4.33. The Hall–Kier alpha value is -2.05. The zero-order valence-corrected chi connectivity index (χ0v) is 13.1. The second-order valence-corrected chi connectivity index (χ2v) is 5.72. The molecule has 0 amide bonds. The van der Waals surface area contributed by atoms with Gasteiger partial charge in [-0.2, -0.15) is 13.2 Å². The van der Waals surface area contributed by atoms with Crippen LogP contribution in [-0.2, 0) is 0 Å². The van der Waals surface area contributed by atoms with Crippen LogP contribution in [0.2, 0.25) is 0 Å². The molecule has 6 heteroatoms. The number of benzene rings is 2. The molecule has 0 bridgehead atoms. The average Bonchev–Trinajstić information content (AvgIpc) is 2.56. The van der Waals surface area contributed by atoms with Gasteiger partial charge in [0, 0.05) is 26.2 Å². The first-order chi connectivity index (χ1) is 11.5. The molecule has 1 atom stereocenters. The molecule has 0 saturated carbocycles. The van der Waals surface area contributed by atoms with Crippen LogP contribution in [0.4, 0.5) is 13.2 Å². The maximum atomic E-state index is 13.6. The molecular formula is C18H19F3N2O. The predicted octanol–water partition coefficient (Wildman–Crippen LogP) is 3.99. The van der Waals surface area contributed by atoms with E-state index in [0.717, 1.165) is 0 Å². The largest absolute Gasteiger partial charge is 0.457 e. The quantitative estimate of drug-likeness (QED) is 0.914. The van der Waals surface area contributed by atoms with Crippen molar-refractivity contribution >= 4 is 0 Å². The summed E-state index contributed by atoms with van der Waals surface area (Å²) in [5.74, 6) is 1.00. The van der Waals surface area contributed by atoms with Crippen molar-refractivity contribution in [3.05, 3.63) is 60.2 Å². The molecular weight excluding hydrogens is 317 g/mol. The number of halogens is 3. The molecule has 1 heterocycles. The number of hydrogen-bond donors (Lipinski definition) is 1. The number of piperazine rings is 1. The number of rotatable bonds is 4. The van der Waals surface area contributed by atoms with Crippen LogP contribution in [0.1, 0.15) is 11.6 Å². The topological polar surface area (TPSA) is 24.5 Å². The van der Waals surface area contributed by atoms with Crippen LogP contribution < -0.4 is 10.1 Å². The molecule has 2 aromatic carbocycles. The number of nitrogens with zero attached hydrogens (tertiary/aromatic N) is 1. The summed E-state index contributed by atoms with van der Waals surface area (Å²) in [5, 5.41) is 3.08. The lowest BCUT2D eigenvalue weighted by atomic mass is 10.0. The van der Waals surface area contributed by atoms with Crippen LogP contribution in [0.15, 0.2) is 54.6 Å². The van der Waals surface area contributed by atoms with E-state index in [0.29, 0.717) is 37.7 Å². The van der Waals surface area contributed by atoms with E-state index in [1.807, 2.05) is 18.2 Å². The molecule has 0 spiro atoms. The summed E-state index contributed by atoms with van der Waals surface area (Å²) in [6, 6.07) is 13.7. The number of alkyl halides is 3. The molecule has 3 rings (SSSR count). The van der Waals surface area contributed by atoms with Crippen molar-refractivity contribution in [3.8, 4) is 11.5 Å². The molecule has 1 aliphatic rings. The van der Waals surface area contributed by atoms with Crippen molar-refractivity contribution < 1.29 is 17.9 Å². The maximum Gasteiger partial charge on any atom is 0.408 e. The van der Waals surface area contributed by atoms with Gasteiger partial charge in [-0.05, 0) is 29.8 Å². The van der Waals surface area contributed by atoms with Crippen LogP contribution in [0.5, 0.6) is 11.5 Å². The Labute approximate surface area is 139 Å². The fourth-order valence-electron chi connectivity index (χ4n) is 2.92. The summed E-state index contributed by atoms with van der Waals surface area (Å²) >= 11 is 0. The molecule has 1 fully saturated rings. The van der Waals surface area contributed by atoms with Gasteiger partial charge in [-0.15, -0.1) is 0 Å². The first kappa shape index (κ1) is 16.8. The van der Waals surface area contributed by atoms with Gasteiger partial charge in [0.1, 0.15) is 17.5 Å². The Balaban J connectivity index is 1.86. The Morgan fingerprint density at radius 3 is 2.25 bits per heavy atom. The van der Waals surface area contributed by atoms with Crippen molar-refractivity contribution in [2.45, 2.75) is 12.2 Å². The highest BCUT2D eigenvalue weighted by Gasteiger charge is 2.44. The normalized spacial score (nSPS) is 17.5. The van der Waals surface area contributed by atoms with E-state index in [2.05, 4.69) is 5.32 Å². The molecule has 1 aliphatic heterocycles. The van der Waals surface area contributed by atoms with Crippen molar-refractivity contribution in [2.24, 2.45) is 0 Å². The van der Waals surface area contributed by atoms with Gasteiger partial charge in [0.2, 0.25) is 0 Å². The number of para-hydroxylation sites is 1. The number of nitrogens with one attached hydrogen (secondary N) is 1. The highest BCUT2D eigenvalue weighted by atomic mass is 19.4. The summed E-state index contributed by atoms with van der Waals surface area (Å²) in [7, 11) is 0. The van der Waals surface area contributed by atoms with Crippen LogP contribution >= 0.6 is 0 Å². The average molecular weight is 336 g/mol. The minimum absolute atomic E-state index is 0.206. The molecule has 24 heavy (non-hydrogen) atoms. The highest BCUT2D eigenvalue weighted by molar-refractivity contribution is 5.35. The smallest absolute Gasteiger partial charge is 0.408 e. The molecule has 0 radical (unpaired) electrons. The van der Waals surface area contributed by atoms with Crippen molar-refractivity contribution in [2.75, 3.05) is 26.2 Å². The summed E-state index contributed by atoms with van der Waals surface area (Å²) in [6.45, 7) is 1.86. The summed E-state index contributed by atoms with van der Waals surface area (Å²) in [4.78, 5) is 1.47. The van der Waals surface area contributed by atoms with Gasteiger partial charge in [-0.25, -0.2) is 0 Å². The van der Waals surface area contributed by atoms with Crippen molar-refractivity contribution in [3.63, 3.8) is 0 Å². The van der Waals surface area contributed by atoms with E-state index < -0.39 is 12.2 Å². The zero-order chi connectivity index (χ0) is 17.0. The lowest BCUT2D eigenvalue weighted by Crippen LogP contribution is -2.49. The van der Waals surface area contributed by atoms with Gasteiger partial charge in [0.25, 0.3) is 0 Å². The van der Waals surface area contributed by atoms with Crippen LogP contribution in [-0.4, -0.2) is 37.3 Å². The molecule has 0 unspecified atom stereocenters. The second-order valence-electron chi connectivity index (χ2n) is 5.72. The zero-order valence-electron chi connectivity index (χ0n) is 13.1. The van der Waals surface area contributed by atoms with Gasteiger partial charge >= 0.3 is 6.18 Å². The molecule has 128 valence electrons. The molecule has 1 saturated heterocycles. The lowest BCUT2D eigenvalue weighted by molar-refractivity contribution is -0.187. The van der Waals surface area contributed by atoms with E-state index in [1.165, 1.54) is 17.0 Å².